The van der Waals surface area contributed by atoms with Crippen LogP contribution in [-0.4, -0.2) is 17.5 Å². The summed E-state index contributed by atoms with van der Waals surface area (Å²) < 4.78 is 2.07. The molecule has 1 aliphatic carbocycles. The van der Waals surface area contributed by atoms with Gasteiger partial charge in [-0.05, 0) is 53.0 Å². The Kier molecular flexibility index (Phi) is 5.72. The van der Waals surface area contributed by atoms with Gasteiger partial charge in [-0.1, -0.05) is 42.1 Å². The first kappa shape index (κ1) is 15.3. The third-order valence-electron chi connectivity index (χ3n) is 4.05. The fourth-order valence-corrected chi connectivity index (χ4v) is 4.25. The first-order valence-electron chi connectivity index (χ1n) is 7.09. The Morgan fingerprint density at radius 1 is 1.21 bits per heavy atom. The quantitative estimate of drug-likeness (QED) is 0.738. The summed E-state index contributed by atoms with van der Waals surface area (Å²) in [6, 6.07) is 4.89. The lowest BCUT2D eigenvalue weighted by Crippen LogP contribution is -2.36. The van der Waals surface area contributed by atoms with Gasteiger partial charge in [-0.15, -0.1) is 0 Å². The molecule has 0 atom stereocenters. The predicted molar refractivity (Wildman–Crippen MR) is 89.2 cm³/mol. The van der Waals surface area contributed by atoms with Crippen LogP contribution < -0.4 is 5.73 Å². The van der Waals surface area contributed by atoms with Crippen LogP contribution >= 0.6 is 31.9 Å². The topological polar surface area (TPSA) is 29.3 Å². The highest BCUT2D eigenvalue weighted by atomic mass is 79.9. The monoisotopic (exact) mass is 388 g/mol. The number of hydrogen-bond acceptors (Lipinski definition) is 2. The molecule has 0 amide bonds. The standard InChI is InChI=1S/C15H22Br2N2/c1-2-19(13-6-4-3-5-7-13)10-11-8-12(16)9-14(17)15(11)18/h8-9,13H,2-7,10,18H2,1H3. The van der Waals surface area contributed by atoms with Gasteiger partial charge < -0.3 is 5.73 Å². The van der Waals surface area contributed by atoms with Crippen LogP contribution in [0.25, 0.3) is 0 Å². The maximum atomic E-state index is 6.19. The molecule has 2 nitrogen and oxygen atoms in total. The minimum Gasteiger partial charge on any atom is -0.398 e. The molecule has 1 fully saturated rings. The Balaban J connectivity index is 2.13. The van der Waals surface area contributed by atoms with Crippen molar-refractivity contribution in [2.75, 3.05) is 12.3 Å². The van der Waals surface area contributed by atoms with Gasteiger partial charge in [-0.2, -0.15) is 0 Å². The van der Waals surface area contributed by atoms with Crippen LogP contribution in [0.3, 0.4) is 0 Å². The van der Waals surface area contributed by atoms with Crippen molar-refractivity contribution in [2.45, 2.75) is 51.6 Å². The van der Waals surface area contributed by atoms with Gasteiger partial charge in [0.1, 0.15) is 0 Å². The van der Waals surface area contributed by atoms with Gasteiger partial charge in [0.05, 0.1) is 5.69 Å². The second kappa shape index (κ2) is 7.09. The van der Waals surface area contributed by atoms with E-state index in [9.17, 15) is 0 Å². The van der Waals surface area contributed by atoms with Crippen LogP contribution in [0.15, 0.2) is 21.1 Å². The number of anilines is 1. The lowest BCUT2D eigenvalue weighted by Gasteiger charge is -2.34. The van der Waals surface area contributed by atoms with E-state index in [0.717, 1.165) is 33.8 Å². The van der Waals surface area contributed by atoms with E-state index in [1.54, 1.807) is 0 Å². The van der Waals surface area contributed by atoms with Gasteiger partial charge in [-0.25, -0.2) is 0 Å². The van der Waals surface area contributed by atoms with Gasteiger partial charge >= 0.3 is 0 Å². The van der Waals surface area contributed by atoms with Crippen molar-refractivity contribution in [3.63, 3.8) is 0 Å². The molecule has 1 aromatic carbocycles. The largest absolute Gasteiger partial charge is 0.398 e. The molecule has 0 aliphatic heterocycles. The van der Waals surface area contributed by atoms with Crippen molar-refractivity contribution in [2.24, 2.45) is 0 Å². The third-order valence-corrected chi connectivity index (χ3v) is 5.16. The second-order valence-corrected chi connectivity index (χ2v) is 7.09. The SMILES string of the molecule is CCN(Cc1cc(Br)cc(Br)c1N)C1CCCCC1. The highest BCUT2D eigenvalue weighted by molar-refractivity contribution is 9.11. The average molecular weight is 390 g/mol. The second-order valence-electron chi connectivity index (χ2n) is 5.32. The molecule has 1 aliphatic rings. The molecule has 19 heavy (non-hydrogen) atoms. The maximum Gasteiger partial charge on any atom is 0.0504 e. The molecule has 2 N–H and O–H groups in total. The molecule has 0 heterocycles. The van der Waals surface area contributed by atoms with Gasteiger partial charge in [0.15, 0.2) is 0 Å². The fraction of sp³-hybridized carbons (Fsp3) is 0.600. The molecule has 4 heteroatoms. The van der Waals surface area contributed by atoms with E-state index in [0.29, 0.717) is 0 Å². The van der Waals surface area contributed by atoms with E-state index in [1.165, 1.54) is 37.7 Å². The molecule has 0 unspecified atom stereocenters. The number of nitrogen functional groups attached to an aromatic ring is 1. The molecule has 106 valence electrons. The number of benzene rings is 1. The molecule has 1 aromatic rings. The smallest absolute Gasteiger partial charge is 0.0504 e. The first-order valence-corrected chi connectivity index (χ1v) is 8.68. The molecule has 0 saturated heterocycles. The van der Waals surface area contributed by atoms with E-state index >= 15 is 0 Å². The van der Waals surface area contributed by atoms with Crippen molar-refractivity contribution >= 4 is 37.5 Å². The molecule has 2 rings (SSSR count). The van der Waals surface area contributed by atoms with E-state index in [1.807, 2.05) is 6.07 Å². The summed E-state index contributed by atoms with van der Waals surface area (Å²) in [5.41, 5.74) is 8.28. The van der Waals surface area contributed by atoms with Gasteiger partial charge in [0.25, 0.3) is 0 Å². The Bertz CT molecular complexity index is 428. The van der Waals surface area contributed by atoms with Gasteiger partial charge in [0.2, 0.25) is 0 Å². The average Bonchev–Trinajstić information content (AvgIpc) is 2.42. The van der Waals surface area contributed by atoms with Crippen molar-refractivity contribution in [3.05, 3.63) is 26.6 Å². The molecule has 0 aromatic heterocycles. The van der Waals surface area contributed by atoms with Crippen molar-refractivity contribution in [1.29, 1.82) is 0 Å². The number of hydrogen-bond donors (Lipinski definition) is 1. The summed E-state index contributed by atoms with van der Waals surface area (Å²) in [4.78, 5) is 2.57. The molecule has 1 saturated carbocycles. The van der Waals surface area contributed by atoms with Gasteiger partial charge in [-0.3, -0.25) is 4.90 Å². The van der Waals surface area contributed by atoms with Gasteiger partial charge in [0, 0.05) is 21.5 Å². The van der Waals surface area contributed by atoms with Crippen molar-refractivity contribution in [1.82, 2.24) is 4.90 Å². The highest BCUT2D eigenvalue weighted by Crippen LogP contribution is 2.31. The summed E-state index contributed by atoms with van der Waals surface area (Å²) in [6.07, 6.45) is 6.82. The Hall–Kier alpha value is -0.0600. The number of rotatable bonds is 4. The molecular formula is C15H22Br2N2. The molecule has 0 bridgehead atoms. The summed E-state index contributed by atoms with van der Waals surface area (Å²) in [5, 5.41) is 0. The number of halogens is 2. The minimum atomic E-state index is 0.732. The van der Waals surface area contributed by atoms with Crippen LogP contribution in [0.4, 0.5) is 5.69 Å². The summed E-state index contributed by atoms with van der Waals surface area (Å²) in [6.45, 7) is 4.29. The minimum absolute atomic E-state index is 0.732. The van der Waals surface area contributed by atoms with Crippen LogP contribution in [-0.2, 0) is 6.54 Å². The van der Waals surface area contributed by atoms with Crippen molar-refractivity contribution < 1.29 is 0 Å². The zero-order chi connectivity index (χ0) is 13.8. The predicted octanol–water partition coefficient (Wildman–Crippen LogP) is 4.95. The van der Waals surface area contributed by atoms with Crippen LogP contribution in [0.1, 0.15) is 44.6 Å². The zero-order valence-electron chi connectivity index (χ0n) is 11.5. The molecule has 0 radical (unpaired) electrons. The fourth-order valence-electron chi connectivity index (χ4n) is 2.93. The molecule has 0 spiro atoms. The molecular weight excluding hydrogens is 368 g/mol. The van der Waals surface area contributed by atoms with Crippen LogP contribution in [0.2, 0.25) is 0 Å². The summed E-state index contributed by atoms with van der Waals surface area (Å²) in [5.74, 6) is 0. The first-order chi connectivity index (χ1) is 9.11. The van der Waals surface area contributed by atoms with E-state index < -0.39 is 0 Å². The number of nitrogens with two attached hydrogens (primary N) is 1. The van der Waals surface area contributed by atoms with E-state index in [-0.39, 0.29) is 0 Å². The van der Waals surface area contributed by atoms with Crippen LogP contribution in [0, 0.1) is 0 Å². The number of nitrogens with zero attached hydrogens (tertiary/aromatic N) is 1. The normalized spacial score (nSPS) is 17.1. The van der Waals surface area contributed by atoms with E-state index in [4.69, 9.17) is 5.73 Å². The van der Waals surface area contributed by atoms with E-state index in [2.05, 4.69) is 49.7 Å². The lowest BCUT2D eigenvalue weighted by molar-refractivity contribution is 0.156. The highest BCUT2D eigenvalue weighted by Gasteiger charge is 2.21. The Labute approximate surface area is 133 Å². The lowest BCUT2D eigenvalue weighted by atomic mass is 9.94. The summed E-state index contributed by atoms with van der Waals surface area (Å²) >= 11 is 7.08. The van der Waals surface area contributed by atoms with Crippen LogP contribution in [0.5, 0.6) is 0 Å². The Morgan fingerprint density at radius 3 is 2.53 bits per heavy atom. The maximum absolute atomic E-state index is 6.19. The van der Waals surface area contributed by atoms with Crippen molar-refractivity contribution in [3.8, 4) is 0 Å². The Morgan fingerprint density at radius 2 is 1.89 bits per heavy atom. The zero-order valence-corrected chi connectivity index (χ0v) is 14.6. The summed E-state index contributed by atoms with van der Waals surface area (Å²) in [7, 11) is 0. The third kappa shape index (κ3) is 3.96.